The van der Waals surface area contributed by atoms with E-state index in [-0.39, 0.29) is 41.4 Å². The van der Waals surface area contributed by atoms with Crippen LogP contribution in [0.25, 0.3) is 31.8 Å². The molecule has 1 aliphatic carbocycles. The zero-order chi connectivity index (χ0) is 52.2. The van der Waals surface area contributed by atoms with Crippen molar-refractivity contribution in [2.24, 2.45) is 11.1 Å². The quantitative estimate of drug-likeness (QED) is 0.0454. The first kappa shape index (κ1) is 56.5. The number of aliphatic hydroxyl groups excluding tert-OH is 1. The fourth-order valence-corrected chi connectivity index (χ4v) is 10.9. The second-order valence-electron chi connectivity index (χ2n) is 20.6. The Kier molecular flexibility index (Phi) is 22.2. The van der Waals surface area contributed by atoms with Gasteiger partial charge in [-0.3, -0.25) is 29.1 Å². The number of benzene rings is 2. The Morgan fingerprint density at radius 3 is 2.19 bits per heavy atom. The number of unbranched alkanes of at least 4 members (excludes halogenated alkanes) is 7. The number of pyridine rings is 1. The summed E-state index contributed by atoms with van der Waals surface area (Å²) in [4.78, 5) is 76.6. The molecule has 0 spiro atoms. The lowest BCUT2D eigenvalue weighted by atomic mass is 9.92. The van der Waals surface area contributed by atoms with E-state index in [0.29, 0.717) is 50.4 Å². The molecule has 15 nitrogen and oxygen atoms in total. The number of likely N-dealkylation sites (tertiary alicyclic amines) is 1. The van der Waals surface area contributed by atoms with Crippen LogP contribution in [0.3, 0.4) is 0 Å². The Labute approximate surface area is 439 Å². The van der Waals surface area contributed by atoms with Crippen molar-refractivity contribution in [1.82, 2.24) is 25.2 Å². The van der Waals surface area contributed by atoms with Gasteiger partial charge in [-0.25, -0.2) is 14.8 Å². The molecule has 1 unspecified atom stereocenters. The van der Waals surface area contributed by atoms with E-state index < -0.39 is 0 Å². The van der Waals surface area contributed by atoms with Crippen molar-refractivity contribution in [2.45, 2.75) is 168 Å². The minimum absolute atomic E-state index is 0.00479. The summed E-state index contributed by atoms with van der Waals surface area (Å²) in [6.07, 6.45) is 19.8. The van der Waals surface area contributed by atoms with Gasteiger partial charge in [0.15, 0.2) is 5.13 Å². The van der Waals surface area contributed by atoms with Crippen molar-refractivity contribution in [3.63, 3.8) is 0 Å². The fourth-order valence-electron chi connectivity index (χ4n) is 9.20. The van der Waals surface area contributed by atoms with Gasteiger partial charge in [-0.15, -0.1) is 11.3 Å². The summed E-state index contributed by atoms with van der Waals surface area (Å²) in [5.74, 6) is -0.0531. The molecule has 3 aliphatic rings. The van der Waals surface area contributed by atoms with Crippen molar-refractivity contribution in [2.75, 3.05) is 29.9 Å². The molecule has 394 valence electrons. The minimum Gasteiger partial charge on any atom is -0.446 e. The number of nitrogens with zero attached hydrogens (tertiary/aromatic N) is 5. The second kappa shape index (κ2) is 28.6. The van der Waals surface area contributed by atoms with Crippen LogP contribution >= 0.6 is 22.7 Å². The number of amides is 5. The Morgan fingerprint density at radius 2 is 1.55 bits per heavy atom. The molecule has 2 fully saturated rings. The van der Waals surface area contributed by atoms with E-state index >= 15 is 0 Å². The van der Waals surface area contributed by atoms with Gasteiger partial charge in [-0.05, 0) is 105 Å². The van der Waals surface area contributed by atoms with Crippen molar-refractivity contribution in [1.29, 1.82) is 0 Å². The van der Waals surface area contributed by atoms with Crippen LogP contribution in [0.5, 0.6) is 0 Å². The normalized spacial score (nSPS) is 15.6. The summed E-state index contributed by atoms with van der Waals surface area (Å²) in [5, 5.41) is 15.5. The molecule has 5 heterocycles. The number of primary amides is 1. The summed E-state index contributed by atoms with van der Waals surface area (Å²) in [6.45, 7) is 10.6. The highest BCUT2D eigenvalue weighted by Gasteiger charge is 2.29. The standard InChI is InChI=1S/C34H45N5O4S.C12H12N2OS.C10H19NO2/c35-31(40)16-10-5-3-1-2-4-6-11-17-32(41)38-33-37-28-19-18-24(22-30(28)44-33)25-21-29-27(36-23-25)15-12-20-39(29)34(42)43-26-13-8-7-9-14-26;1-9-12(16-8-14-9)11-4-2-10(3-5-11)6-13-7-15;1-10(2,3)6-9(13)11-5-4-8(12)7-11/h18-19,21-23,26H,1-17,20H2,(H2,35,40)(H,37,38,41);2-5,7-8H,6H2,1H3,(H,13,15);8,12H,4-7H2,1-3H3. The van der Waals surface area contributed by atoms with E-state index in [1.165, 1.54) is 28.2 Å². The second-order valence-corrected chi connectivity index (χ2v) is 22.5. The number of hydrogen-bond donors (Lipinski definition) is 4. The van der Waals surface area contributed by atoms with Crippen molar-refractivity contribution >= 4 is 73.9 Å². The minimum atomic E-state index is -0.302. The lowest BCUT2D eigenvalue weighted by molar-refractivity contribution is -0.132. The fraction of sp³-hybridized carbons (Fsp3) is 0.536. The number of aryl methyl sites for hydroxylation is 2. The molecule has 5 N–H and O–H groups in total. The number of anilines is 2. The van der Waals surface area contributed by atoms with Crippen LogP contribution in [0.1, 0.15) is 153 Å². The number of carbonyl (C=O) groups excluding carboxylic acids is 5. The first-order valence-electron chi connectivity index (χ1n) is 26.2. The van der Waals surface area contributed by atoms with Crippen LogP contribution in [0.15, 0.2) is 60.2 Å². The third kappa shape index (κ3) is 18.6. The van der Waals surface area contributed by atoms with Gasteiger partial charge in [0, 0.05) is 57.2 Å². The number of rotatable bonds is 19. The summed E-state index contributed by atoms with van der Waals surface area (Å²) < 4.78 is 6.88. The van der Waals surface area contributed by atoms with Crippen molar-refractivity contribution in [3.8, 4) is 21.6 Å². The molecule has 0 radical (unpaired) electrons. The molecular formula is C56H76N8O7S2. The molecular weight excluding hydrogens is 961 g/mol. The van der Waals surface area contributed by atoms with Gasteiger partial charge in [0.2, 0.25) is 24.1 Å². The average Bonchev–Trinajstić information content (AvgIpc) is 4.13. The Balaban J connectivity index is 0.000000242. The summed E-state index contributed by atoms with van der Waals surface area (Å²) in [6, 6.07) is 16.3. The molecule has 5 aromatic rings. The molecule has 73 heavy (non-hydrogen) atoms. The maximum Gasteiger partial charge on any atom is 0.414 e. The molecule has 8 rings (SSSR count). The van der Waals surface area contributed by atoms with Gasteiger partial charge in [-0.2, -0.15) is 0 Å². The average molecular weight is 1040 g/mol. The summed E-state index contributed by atoms with van der Waals surface area (Å²) in [5.41, 5.74) is 14.9. The van der Waals surface area contributed by atoms with Gasteiger partial charge in [0.1, 0.15) is 6.10 Å². The molecule has 3 aromatic heterocycles. The Hall–Kier alpha value is -5.78. The number of ether oxygens (including phenoxy) is 1. The van der Waals surface area contributed by atoms with Crippen LogP contribution in [-0.4, -0.2) is 87.0 Å². The number of fused-ring (bicyclic) bond motifs is 2. The van der Waals surface area contributed by atoms with Crippen LogP contribution in [0.2, 0.25) is 0 Å². The third-order valence-corrected chi connectivity index (χ3v) is 15.1. The van der Waals surface area contributed by atoms with Crippen LogP contribution in [0, 0.1) is 12.3 Å². The maximum atomic E-state index is 13.1. The van der Waals surface area contributed by atoms with Crippen LogP contribution in [-0.2, 0) is 36.9 Å². The molecule has 0 bridgehead atoms. The lowest BCUT2D eigenvalue weighted by Gasteiger charge is -2.31. The zero-order valence-corrected chi connectivity index (χ0v) is 44.9. The van der Waals surface area contributed by atoms with Gasteiger partial charge < -0.3 is 31.1 Å². The zero-order valence-electron chi connectivity index (χ0n) is 43.3. The third-order valence-electron chi connectivity index (χ3n) is 13.2. The van der Waals surface area contributed by atoms with Gasteiger partial charge in [-0.1, -0.05) is 107 Å². The number of carbonyl (C=O) groups is 5. The number of aliphatic hydroxyl groups is 1. The van der Waals surface area contributed by atoms with Gasteiger partial charge >= 0.3 is 6.09 Å². The van der Waals surface area contributed by atoms with E-state index in [4.69, 9.17) is 15.5 Å². The number of β-amino-alcohol motifs (C(OH)–C–C–N with tert-alkyl or cyclic N) is 1. The van der Waals surface area contributed by atoms with Crippen molar-refractivity contribution in [3.05, 3.63) is 77.2 Å². The van der Waals surface area contributed by atoms with E-state index in [0.717, 1.165) is 147 Å². The highest BCUT2D eigenvalue weighted by Crippen LogP contribution is 2.35. The van der Waals surface area contributed by atoms with Crippen molar-refractivity contribution < 1.29 is 33.8 Å². The van der Waals surface area contributed by atoms with Crippen LogP contribution in [0.4, 0.5) is 15.6 Å². The predicted octanol–water partition coefficient (Wildman–Crippen LogP) is 11.3. The number of thiazole rings is 2. The molecule has 5 amide bonds. The van der Waals surface area contributed by atoms with Gasteiger partial charge in [0.25, 0.3) is 0 Å². The highest BCUT2D eigenvalue weighted by atomic mass is 32.1. The first-order chi connectivity index (χ1) is 35.1. The Bertz CT molecular complexity index is 2570. The molecule has 17 heteroatoms. The van der Waals surface area contributed by atoms with E-state index in [2.05, 4.69) is 65.6 Å². The van der Waals surface area contributed by atoms with Gasteiger partial charge in [0.05, 0.1) is 43.8 Å². The predicted molar refractivity (Wildman–Crippen MR) is 292 cm³/mol. The van der Waals surface area contributed by atoms with E-state index in [1.807, 2.05) is 42.9 Å². The largest absolute Gasteiger partial charge is 0.446 e. The number of hydrogen-bond acceptors (Lipinski definition) is 12. The highest BCUT2D eigenvalue weighted by molar-refractivity contribution is 7.22. The van der Waals surface area contributed by atoms with E-state index in [1.54, 1.807) is 21.1 Å². The van der Waals surface area contributed by atoms with Crippen LogP contribution < -0.4 is 21.3 Å². The first-order valence-corrected chi connectivity index (χ1v) is 27.9. The lowest BCUT2D eigenvalue weighted by Crippen LogP contribution is -2.38. The number of nitrogens with two attached hydrogens (primary N) is 1. The molecule has 1 saturated heterocycles. The number of nitrogens with one attached hydrogen (secondary N) is 2. The smallest absolute Gasteiger partial charge is 0.414 e. The molecule has 1 atom stereocenters. The number of aromatic nitrogens is 3. The Morgan fingerprint density at radius 1 is 0.849 bits per heavy atom. The monoisotopic (exact) mass is 1040 g/mol. The molecule has 2 aromatic carbocycles. The molecule has 1 saturated carbocycles. The molecule has 2 aliphatic heterocycles. The maximum absolute atomic E-state index is 13.1. The van der Waals surface area contributed by atoms with E-state index in [9.17, 15) is 29.1 Å². The SMILES string of the molecule is CC(C)(C)CC(=O)N1CCC(O)C1.Cc1ncsc1-c1ccc(CNC=O)cc1.NC(=O)CCCCCCCCCCC(=O)Nc1nc2ccc(-c3cnc4c(c3)N(C(=O)OC3CCCCC3)CCC4)cc2s1. The topological polar surface area (TPSA) is 210 Å². The summed E-state index contributed by atoms with van der Waals surface area (Å²) >= 11 is 3.11. The summed E-state index contributed by atoms with van der Waals surface area (Å²) in [7, 11) is 0.